The molecule has 0 aromatic carbocycles. The molecule has 2 N–H and O–H groups in total. The van der Waals surface area contributed by atoms with E-state index in [0.717, 1.165) is 17.9 Å². The molecule has 0 spiro atoms. The second-order valence-electron chi connectivity index (χ2n) is 6.41. The molecule has 0 aliphatic rings. The van der Waals surface area contributed by atoms with Gasteiger partial charge >= 0.3 is 6.03 Å². The summed E-state index contributed by atoms with van der Waals surface area (Å²) in [5, 5.41) is 14.2. The SMILES string of the molecule is Cc1cc(C)n(CC(C)CNC(=O)Nc2ccc(-n3cccn3)nc2)n1. The quantitative estimate of drug-likeness (QED) is 0.713. The highest BCUT2D eigenvalue weighted by Crippen LogP contribution is 2.09. The van der Waals surface area contributed by atoms with Crippen molar-refractivity contribution in [3.63, 3.8) is 0 Å². The van der Waals surface area contributed by atoms with Crippen LogP contribution in [0.15, 0.2) is 42.9 Å². The molecule has 1 unspecified atom stereocenters. The number of carbonyl (C=O) groups is 1. The van der Waals surface area contributed by atoms with Crippen molar-refractivity contribution in [1.29, 1.82) is 0 Å². The molecule has 3 aromatic rings. The monoisotopic (exact) mass is 353 g/mol. The molecular formula is C18H23N7O. The standard InChI is InChI=1S/C18H23N7O/c1-13(12-25-15(3)9-14(2)23-25)10-20-18(26)22-16-5-6-17(19-11-16)24-8-4-7-21-24/h4-9,11,13H,10,12H2,1-3H3,(H2,20,22,26). The molecule has 2 amide bonds. The number of nitrogens with one attached hydrogen (secondary N) is 2. The van der Waals surface area contributed by atoms with Crippen molar-refractivity contribution in [2.45, 2.75) is 27.3 Å². The van der Waals surface area contributed by atoms with Crippen molar-refractivity contribution < 1.29 is 4.79 Å². The van der Waals surface area contributed by atoms with Crippen molar-refractivity contribution in [2.75, 3.05) is 11.9 Å². The normalized spacial score (nSPS) is 12.0. The van der Waals surface area contributed by atoms with Crippen molar-refractivity contribution in [3.8, 4) is 5.82 Å². The highest BCUT2D eigenvalue weighted by Gasteiger charge is 2.09. The zero-order valence-electron chi connectivity index (χ0n) is 15.2. The van der Waals surface area contributed by atoms with Gasteiger partial charge in [-0.1, -0.05) is 6.92 Å². The molecule has 0 bridgehead atoms. The maximum Gasteiger partial charge on any atom is 0.319 e. The molecular weight excluding hydrogens is 330 g/mol. The van der Waals surface area contributed by atoms with Crippen LogP contribution in [0.25, 0.3) is 5.82 Å². The van der Waals surface area contributed by atoms with E-state index < -0.39 is 0 Å². The van der Waals surface area contributed by atoms with Gasteiger partial charge in [0.25, 0.3) is 0 Å². The number of anilines is 1. The topological polar surface area (TPSA) is 89.7 Å². The molecule has 0 fully saturated rings. The molecule has 3 aromatic heterocycles. The Morgan fingerprint density at radius 3 is 2.77 bits per heavy atom. The minimum absolute atomic E-state index is 0.251. The molecule has 136 valence electrons. The Kier molecular flexibility index (Phi) is 5.31. The lowest BCUT2D eigenvalue weighted by atomic mass is 10.2. The van der Waals surface area contributed by atoms with Gasteiger partial charge in [0, 0.05) is 31.2 Å². The third-order valence-electron chi connectivity index (χ3n) is 3.94. The Bertz CT molecular complexity index is 852. The van der Waals surface area contributed by atoms with Gasteiger partial charge in [-0.25, -0.2) is 14.5 Å². The van der Waals surface area contributed by atoms with Crippen molar-refractivity contribution in [3.05, 3.63) is 54.2 Å². The maximum atomic E-state index is 12.1. The lowest BCUT2D eigenvalue weighted by molar-refractivity contribution is 0.249. The average molecular weight is 353 g/mol. The molecule has 1 atom stereocenters. The molecule has 0 saturated heterocycles. The zero-order valence-corrected chi connectivity index (χ0v) is 15.2. The van der Waals surface area contributed by atoms with E-state index in [2.05, 4.69) is 32.7 Å². The predicted molar refractivity (Wildman–Crippen MR) is 99.2 cm³/mol. The molecule has 8 nitrogen and oxygen atoms in total. The van der Waals surface area contributed by atoms with Gasteiger partial charge in [0.1, 0.15) is 0 Å². The zero-order chi connectivity index (χ0) is 18.5. The van der Waals surface area contributed by atoms with Crippen LogP contribution in [0.2, 0.25) is 0 Å². The lowest BCUT2D eigenvalue weighted by Crippen LogP contribution is -2.33. The molecule has 3 heterocycles. The number of pyridine rings is 1. The fourth-order valence-corrected chi connectivity index (χ4v) is 2.66. The first-order chi connectivity index (χ1) is 12.5. The number of hydrogen-bond acceptors (Lipinski definition) is 4. The summed E-state index contributed by atoms with van der Waals surface area (Å²) in [6.07, 6.45) is 5.11. The number of nitrogens with zero attached hydrogens (tertiary/aromatic N) is 5. The number of carbonyl (C=O) groups excluding carboxylic acids is 1. The largest absolute Gasteiger partial charge is 0.338 e. The second-order valence-corrected chi connectivity index (χ2v) is 6.41. The lowest BCUT2D eigenvalue weighted by Gasteiger charge is -2.14. The van der Waals surface area contributed by atoms with Crippen molar-refractivity contribution in [1.82, 2.24) is 29.9 Å². The molecule has 0 saturated carbocycles. The van der Waals surface area contributed by atoms with Crippen LogP contribution in [0.1, 0.15) is 18.3 Å². The molecule has 0 aliphatic heterocycles. The highest BCUT2D eigenvalue weighted by molar-refractivity contribution is 5.89. The Hall–Kier alpha value is -3.16. The van der Waals surface area contributed by atoms with Gasteiger partial charge in [0.05, 0.1) is 17.6 Å². The van der Waals surface area contributed by atoms with E-state index in [9.17, 15) is 4.79 Å². The van der Waals surface area contributed by atoms with Crippen LogP contribution >= 0.6 is 0 Å². The van der Waals surface area contributed by atoms with Gasteiger partial charge in [-0.3, -0.25) is 4.68 Å². The summed E-state index contributed by atoms with van der Waals surface area (Å²) in [6, 6.07) is 7.22. The van der Waals surface area contributed by atoms with Crippen LogP contribution in [0, 0.1) is 19.8 Å². The smallest absolute Gasteiger partial charge is 0.319 e. The Morgan fingerprint density at radius 2 is 2.15 bits per heavy atom. The van der Waals surface area contributed by atoms with E-state index in [4.69, 9.17) is 0 Å². The summed E-state index contributed by atoms with van der Waals surface area (Å²) in [6.45, 7) is 7.42. The first-order valence-corrected chi connectivity index (χ1v) is 8.53. The van der Waals surface area contributed by atoms with Crippen molar-refractivity contribution >= 4 is 11.7 Å². The van der Waals surface area contributed by atoms with Crippen LogP contribution in [0.4, 0.5) is 10.5 Å². The van der Waals surface area contributed by atoms with E-state index in [1.807, 2.05) is 36.9 Å². The van der Waals surface area contributed by atoms with Crippen LogP contribution < -0.4 is 10.6 Å². The fourth-order valence-electron chi connectivity index (χ4n) is 2.66. The number of urea groups is 1. The predicted octanol–water partition coefficient (Wildman–Crippen LogP) is 2.54. The molecule has 0 radical (unpaired) electrons. The third-order valence-corrected chi connectivity index (χ3v) is 3.94. The van der Waals surface area contributed by atoms with Gasteiger partial charge in [-0.15, -0.1) is 0 Å². The van der Waals surface area contributed by atoms with Gasteiger partial charge in [-0.05, 0) is 44.0 Å². The summed E-state index contributed by atoms with van der Waals surface area (Å²) < 4.78 is 3.63. The summed E-state index contributed by atoms with van der Waals surface area (Å²) in [5.41, 5.74) is 2.76. The number of amides is 2. The third kappa shape index (κ3) is 4.47. The van der Waals surface area contributed by atoms with Crippen LogP contribution in [0.5, 0.6) is 0 Å². The first-order valence-electron chi connectivity index (χ1n) is 8.53. The average Bonchev–Trinajstić information content (AvgIpc) is 3.24. The highest BCUT2D eigenvalue weighted by atomic mass is 16.2. The van der Waals surface area contributed by atoms with E-state index in [1.165, 1.54) is 0 Å². The van der Waals surface area contributed by atoms with E-state index >= 15 is 0 Å². The Labute approximate surface area is 152 Å². The van der Waals surface area contributed by atoms with E-state index in [1.54, 1.807) is 29.2 Å². The first kappa shape index (κ1) is 17.7. The van der Waals surface area contributed by atoms with Crippen LogP contribution in [0.3, 0.4) is 0 Å². The van der Waals surface area contributed by atoms with Gasteiger partial charge in [-0.2, -0.15) is 10.2 Å². The number of aromatic nitrogens is 5. The molecule has 8 heteroatoms. The summed E-state index contributed by atoms with van der Waals surface area (Å²) >= 11 is 0. The molecule has 0 aliphatic carbocycles. The minimum atomic E-state index is -0.251. The Balaban J connectivity index is 1.47. The van der Waals surface area contributed by atoms with Crippen molar-refractivity contribution in [2.24, 2.45) is 5.92 Å². The number of hydrogen-bond donors (Lipinski definition) is 2. The van der Waals surface area contributed by atoms with Crippen LogP contribution in [-0.2, 0) is 6.54 Å². The summed E-state index contributed by atoms with van der Waals surface area (Å²) in [4.78, 5) is 16.3. The van der Waals surface area contributed by atoms with Gasteiger partial charge in [0.15, 0.2) is 5.82 Å². The summed E-state index contributed by atoms with van der Waals surface area (Å²) in [7, 11) is 0. The van der Waals surface area contributed by atoms with Crippen LogP contribution in [-0.4, -0.2) is 37.1 Å². The number of rotatable bonds is 6. The maximum absolute atomic E-state index is 12.1. The molecule has 26 heavy (non-hydrogen) atoms. The van der Waals surface area contributed by atoms with E-state index in [-0.39, 0.29) is 11.9 Å². The molecule has 3 rings (SSSR count). The Morgan fingerprint density at radius 1 is 1.31 bits per heavy atom. The van der Waals surface area contributed by atoms with Gasteiger partial charge < -0.3 is 10.6 Å². The minimum Gasteiger partial charge on any atom is -0.338 e. The summed E-state index contributed by atoms with van der Waals surface area (Å²) in [5.74, 6) is 0.957. The van der Waals surface area contributed by atoms with E-state index in [0.29, 0.717) is 18.1 Å². The second kappa shape index (κ2) is 7.81. The number of aryl methyl sites for hydroxylation is 2. The fraction of sp³-hybridized carbons (Fsp3) is 0.333. The van der Waals surface area contributed by atoms with Gasteiger partial charge in [0.2, 0.25) is 0 Å².